The number of nitrogens with zero attached hydrogens (tertiary/aromatic N) is 1. The zero-order valence-electron chi connectivity index (χ0n) is 12.6. The normalized spacial score (nSPS) is 16.4. The van der Waals surface area contributed by atoms with Gasteiger partial charge in [-0.15, -0.1) is 0 Å². The Kier molecular flexibility index (Phi) is 4.77. The molecule has 0 aromatic heterocycles. The van der Waals surface area contributed by atoms with E-state index in [-0.39, 0.29) is 28.9 Å². The van der Waals surface area contributed by atoms with Gasteiger partial charge >= 0.3 is 12.4 Å². The first-order valence-electron chi connectivity index (χ1n) is 6.68. The highest BCUT2D eigenvalue weighted by Crippen LogP contribution is 2.35. The van der Waals surface area contributed by atoms with Crippen molar-refractivity contribution in [2.24, 2.45) is 0 Å². The van der Waals surface area contributed by atoms with Gasteiger partial charge in [-0.2, -0.15) is 26.3 Å². The first kappa shape index (κ1) is 19.1. The van der Waals surface area contributed by atoms with Crippen molar-refractivity contribution in [1.29, 1.82) is 0 Å². The third kappa shape index (κ3) is 4.25. The van der Waals surface area contributed by atoms with Gasteiger partial charge in [0.2, 0.25) is 0 Å². The lowest BCUT2D eigenvalue weighted by Crippen LogP contribution is -2.24. The Hall–Kier alpha value is -2.23. The Labute approximate surface area is 139 Å². The lowest BCUT2D eigenvalue weighted by atomic mass is 10.2. The van der Waals surface area contributed by atoms with Crippen LogP contribution < -0.4 is 0 Å². The fourth-order valence-corrected chi connectivity index (χ4v) is 3.11. The molecule has 10 heteroatoms. The lowest BCUT2D eigenvalue weighted by Gasteiger charge is -2.19. The van der Waals surface area contributed by atoms with Crippen molar-refractivity contribution in [3.63, 3.8) is 0 Å². The number of alkyl halides is 6. The van der Waals surface area contributed by atoms with Gasteiger partial charge in [-0.05, 0) is 31.2 Å². The number of aryl methyl sites for hydroxylation is 1. The molecule has 1 aromatic carbocycles. The lowest BCUT2D eigenvalue weighted by molar-refractivity contribution is -0.0904. The van der Waals surface area contributed by atoms with E-state index in [0.29, 0.717) is 5.56 Å². The summed E-state index contributed by atoms with van der Waals surface area (Å²) < 4.78 is 102. The van der Waals surface area contributed by atoms with Crippen LogP contribution in [-0.4, -0.2) is 25.1 Å². The van der Waals surface area contributed by atoms with Gasteiger partial charge in [-0.1, -0.05) is 17.7 Å². The third-order valence-corrected chi connectivity index (χ3v) is 4.86. The van der Waals surface area contributed by atoms with Crippen molar-refractivity contribution in [1.82, 2.24) is 4.31 Å². The predicted molar refractivity (Wildman–Crippen MR) is 77.6 cm³/mol. The monoisotopic (exact) mass is 383 g/mol. The molecule has 0 radical (unpaired) electrons. The minimum Gasteiger partial charge on any atom is -0.248 e. The molecule has 1 aliphatic rings. The minimum atomic E-state index is -5.02. The number of hydrogen-bond acceptors (Lipinski definition) is 2. The molecule has 25 heavy (non-hydrogen) atoms. The molecular formula is C15H11F6NO2S. The first-order chi connectivity index (χ1) is 11.3. The van der Waals surface area contributed by atoms with Crippen molar-refractivity contribution < 1.29 is 34.8 Å². The minimum absolute atomic E-state index is 0.0662. The van der Waals surface area contributed by atoms with Crippen molar-refractivity contribution >= 4 is 10.0 Å². The van der Waals surface area contributed by atoms with Gasteiger partial charge in [0.15, 0.2) is 0 Å². The zero-order valence-corrected chi connectivity index (χ0v) is 13.4. The van der Waals surface area contributed by atoms with Gasteiger partial charge < -0.3 is 0 Å². The number of halogens is 6. The quantitative estimate of drug-likeness (QED) is 0.708. The molecule has 0 fully saturated rings. The summed E-state index contributed by atoms with van der Waals surface area (Å²) in [5.74, 6) is 0. The van der Waals surface area contributed by atoms with E-state index < -0.39 is 38.4 Å². The van der Waals surface area contributed by atoms with Crippen LogP contribution in [0.15, 0.2) is 64.9 Å². The Balaban J connectivity index is 2.62. The van der Waals surface area contributed by atoms with Crippen LogP contribution in [0.1, 0.15) is 5.56 Å². The molecule has 0 saturated carbocycles. The standard InChI is InChI=1S/C15H11F6NO2S/c1-10-2-6-13(7-3-10)25(23,24)22-8-11(14(16,17)18)4-5-12(9-22)15(19,20)21/h2-9H,1H3. The summed E-state index contributed by atoms with van der Waals surface area (Å²) in [5.41, 5.74) is -2.38. The van der Waals surface area contributed by atoms with Crippen LogP contribution in [-0.2, 0) is 10.0 Å². The molecule has 136 valence electrons. The molecule has 0 unspecified atom stereocenters. The van der Waals surface area contributed by atoms with E-state index in [0.717, 1.165) is 12.1 Å². The Morgan fingerprint density at radius 1 is 0.800 bits per heavy atom. The molecular weight excluding hydrogens is 372 g/mol. The smallest absolute Gasteiger partial charge is 0.248 e. The van der Waals surface area contributed by atoms with Crippen molar-refractivity contribution in [3.05, 3.63) is 65.5 Å². The van der Waals surface area contributed by atoms with Gasteiger partial charge in [0.25, 0.3) is 10.0 Å². The van der Waals surface area contributed by atoms with E-state index in [1.807, 2.05) is 0 Å². The summed E-state index contributed by atoms with van der Waals surface area (Å²) >= 11 is 0. The summed E-state index contributed by atoms with van der Waals surface area (Å²) in [6, 6.07) is 4.97. The van der Waals surface area contributed by atoms with Crippen molar-refractivity contribution in [2.75, 3.05) is 0 Å². The molecule has 1 aromatic rings. The van der Waals surface area contributed by atoms with Gasteiger partial charge in [0.1, 0.15) is 0 Å². The highest BCUT2D eigenvalue weighted by molar-refractivity contribution is 7.89. The maximum atomic E-state index is 12.9. The molecule has 0 bridgehead atoms. The second-order valence-electron chi connectivity index (χ2n) is 5.15. The van der Waals surface area contributed by atoms with Crippen molar-refractivity contribution in [2.45, 2.75) is 24.2 Å². The Bertz CT molecular complexity index is 811. The Morgan fingerprint density at radius 3 is 1.56 bits per heavy atom. The molecule has 3 nitrogen and oxygen atoms in total. The van der Waals surface area contributed by atoms with Gasteiger partial charge in [0.05, 0.1) is 16.0 Å². The van der Waals surface area contributed by atoms with Crippen LogP contribution in [0.4, 0.5) is 26.3 Å². The molecule has 2 rings (SSSR count). The summed E-state index contributed by atoms with van der Waals surface area (Å²) in [6.45, 7) is 1.65. The topological polar surface area (TPSA) is 37.4 Å². The van der Waals surface area contributed by atoms with E-state index in [1.54, 1.807) is 6.92 Å². The van der Waals surface area contributed by atoms with Gasteiger partial charge in [-0.25, -0.2) is 12.7 Å². The van der Waals surface area contributed by atoms with Crippen molar-refractivity contribution in [3.8, 4) is 0 Å². The molecule has 0 N–H and O–H groups in total. The average Bonchev–Trinajstić information content (AvgIpc) is 2.70. The number of allylic oxidation sites excluding steroid dienone is 4. The van der Waals surface area contributed by atoms with Gasteiger partial charge in [-0.3, -0.25) is 0 Å². The highest BCUT2D eigenvalue weighted by atomic mass is 32.2. The number of benzene rings is 1. The maximum absolute atomic E-state index is 12.9. The Morgan fingerprint density at radius 2 is 1.20 bits per heavy atom. The van der Waals surface area contributed by atoms with Crippen LogP contribution in [0, 0.1) is 6.92 Å². The van der Waals surface area contributed by atoms with Crippen LogP contribution in [0.2, 0.25) is 0 Å². The molecule has 0 spiro atoms. The van der Waals surface area contributed by atoms with Gasteiger partial charge in [0, 0.05) is 12.4 Å². The largest absolute Gasteiger partial charge is 0.417 e. The number of hydrogen-bond donors (Lipinski definition) is 0. The second kappa shape index (κ2) is 6.25. The average molecular weight is 383 g/mol. The summed E-state index contributed by atoms with van der Waals surface area (Å²) in [6.07, 6.45) is -9.44. The molecule has 1 heterocycles. The molecule has 0 atom stereocenters. The fourth-order valence-electron chi connectivity index (χ4n) is 1.88. The summed E-state index contributed by atoms with van der Waals surface area (Å²) in [5, 5.41) is 0. The molecule has 0 saturated heterocycles. The van der Waals surface area contributed by atoms with Crippen LogP contribution in [0.3, 0.4) is 0 Å². The van der Waals surface area contributed by atoms with E-state index in [9.17, 15) is 34.8 Å². The van der Waals surface area contributed by atoms with E-state index in [4.69, 9.17) is 0 Å². The SMILES string of the molecule is Cc1ccc(S(=O)(=O)N2C=C(C(F)(F)F)C=CC(C(F)(F)F)=C2)cc1. The molecule has 0 amide bonds. The number of sulfonamides is 1. The van der Waals surface area contributed by atoms with Crippen LogP contribution in [0.25, 0.3) is 0 Å². The maximum Gasteiger partial charge on any atom is 0.417 e. The fraction of sp³-hybridized carbons (Fsp3) is 0.200. The number of rotatable bonds is 2. The second-order valence-corrected chi connectivity index (χ2v) is 6.99. The summed E-state index contributed by atoms with van der Waals surface area (Å²) in [4.78, 5) is -0.435. The molecule has 1 aliphatic heterocycles. The highest BCUT2D eigenvalue weighted by Gasteiger charge is 2.39. The van der Waals surface area contributed by atoms with E-state index in [1.165, 1.54) is 12.1 Å². The molecule has 0 aliphatic carbocycles. The third-order valence-electron chi connectivity index (χ3n) is 3.23. The summed E-state index contributed by atoms with van der Waals surface area (Å²) in [7, 11) is -4.65. The van der Waals surface area contributed by atoms with E-state index >= 15 is 0 Å². The van der Waals surface area contributed by atoms with E-state index in [2.05, 4.69) is 0 Å². The first-order valence-corrected chi connectivity index (χ1v) is 8.12. The van der Waals surface area contributed by atoms with Crippen LogP contribution in [0.5, 0.6) is 0 Å². The predicted octanol–water partition coefficient (Wildman–Crippen LogP) is 4.45. The zero-order chi connectivity index (χ0) is 19.0. The van der Waals surface area contributed by atoms with Crippen LogP contribution >= 0.6 is 0 Å².